The largest absolute Gasteiger partial charge is 0.497 e. The summed E-state index contributed by atoms with van der Waals surface area (Å²) in [6, 6.07) is 8.73. The summed E-state index contributed by atoms with van der Waals surface area (Å²) in [6.45, 7) is 2.29. The zero-order valence-corrected chi connectivity index (χ0v) is 11.6. The van der Waals surface area contributed by atoms with Gasteiger partial charge in [0.25, 0.3) is 0 Å². The summed E-state index contributed by atoms with van der Waals surface area (Å²) < 4.78 is 5.19. The van der Waals surface area contributed by atoms with Gasteiger partial charge in [0.15, 0.2) is 0 Å². The van der Waals surface area contributed by atoms with Gasteiger partial charge >= 0.3 is 0 Å². The quantitative estimate of drug-likeness (QED) is 0.801. The lowest BCUT2D eigenvalue weighted by Crippen LogP contribution is -2.32. The van der Waals surface area contributed by atoms with Crippen molar-refractivity contribution in [3.05, 3.63) is 29.8 Å². The fraction of sp³-hybridized carbons (Fsp3) is 0.600. The number of ether oxygens (including phenoxy) is 1. The Kier molecular flexibility index (Phi) is 4.61. The van der Waals surface area contributed by atoms with Crippen LogP contribution in [0.15, 0.2) is 24.3 Å². The highest BCUT2D eigenvalue weighted by molar-refractivity contribution is 5.29. The van der Waals surface area contributed by atoms with E-state index in [2.05, 4.69) is 29.4 Å². The molecule has 0 radical (unpaired) electrons. The predicted octanol–water partition coefficient (Wildman–Crippen LogP) is 2.30. The fourth-order valence-corrected chi connectivity index (χ4v) is 2.33. The summed E-state index contributed by atoms with van der Waals surface area (Å²) in [7, 11) is 5.94. The zero-order valence-electron chi connectivity index (χ0n) is 11.6. The van der Waals surface area contributed by atoms with Crippen LogP contribution < -0.4 is 10.1 Å². The lowest BCUT2D eigenvalue weighted by Gasteiger charge is -2.24. The maximum Gasteiger partial charge on any atom is 0.118 e. The van der Waals surface area contributed by atoms with Crippen LogP contribution in [0.4, 0.5) is 0 Å². The van der Waals surface area contributed by atoms with Gasteiger partial charge in [-0.2, -0.15) is 0 Å². The number of benzene rings is 1. The van der Waals surface area contributed by atoms with Gasteiger partial charge in [-0.3, -0.25) is 0 Å². The van der Waals surface area contributed by atoms with Gasteiger partial charge in [0.05, 0.1) is 7.11 Å². The van der Waals surface area contributed by atoms with E-state index in [1.54, 1.807) is 7.11 Å². The van der Waals surface area contributed by atoms with Crippen molar-refractivity contribution in [2.45, 2.75) is 18.9 Å². The predicted molar refractivity (Wildman–Crippen MR) is 75.0 cm³/mol. The standard InChI is InChI=1S/C15H24N2O/c1-16-15(11-17(2)10-12-4-5-12)13-6-8-14(18-3)9-7-13/h6-9,12,15-16H,4-5,10-11H2,1-3H3. The van der Waals surface area contributed by atoms with Crippen molar-refractivity contribution in [2.75, 3.05) is 34.3 Å². The summed E-state index contributed by atoms with van der Waals surface area (Å²) in [6.07, 6.45) is 2.83. The molecule has 18 heavy (non-hydrogen) atoms. The number of nitrogens with one attached hydrogen (secondary N) is 1. The second-order valence-electron chi connectivity index (χ2n) is 5.28. The molecule has 0 heterocycles. The normalized spacial score (nSPS) is 16.9. The number of methoxy groups -OCH3 is 1. The summed E-state index contributed by atoms with van der Waals surface area (Å²) in [5.41, 5.74) is 1.32. The van der Waals surface area contributed by atoms with Crippen molar-refractivity contribution in [1.29, 1.82) is 0 Å². The molecule has 1 saturated carbocycles. The molecule has 100 valence electrons. The highest BCUT2D eigenvalue weighted by Gasteiger charge is 2.23. The van der Waals surface area contributed by atoms with E-state index < -0.39 is 0 Å². The number of rotatable bonds is 7. The minimum Gasteiger partial charge on any atom is -0.497 e. The van der Waals surface area contributed by atoms with Gasteiger partial charge in [-0.1, -0.05) is 12.1 Å². The lowest BCUT2D eigenvalue weighted by molar-refractivity contribution is 0.286. The summed E-state index contributed by atoms with van der Waals surface area (Å²) in [4.78, 5) is 2.43. The van der Waals surface area contributed by atoms with Crippen molar-refractivity contribution < 1.29 is 4.74 Å². The van der Waals surface area contributed by atoms with E-state index in [0.29, 0.717) is 6.04 Å². The van der Waals surface area contributed by atoms with E-state index in [4.69, 9.17) is 4.74 Å². The van der Waals surface area contributed by atoms with Crippen LogP contribution in [-0.2, 0) is 0 Å². The summed E-state index contributed by atoms with van der Waals surface area (Å²) in [5.74, 6) is 1.86. The summed E-state index contributed by atoms with van der Waals surface area (Å²) >= 11 is 0. The van der Waals surface area contributed by atoms with Crippen LogP contribution in [-0.4, -0.2) is 39.2 Å². The molecule has 1 aliphatic carbocycles. The van der Waals surface area contributed by atoms with Crippen LogP contribution in [0.2, 0.25) is 0 Å². The average Bonchev–Trinajstić information content (AvgIpc) is 3.20. The van der Waals surface area contributed by atoms with Crippen molar-refractivity contribution in [2.24, 2.45) is 5.92 Å². The van der Waals surface area contributed by atoms with E-state index >= 15 is 0 Å². The molecular weight excluding hydrogens is 224 g/mol. The molecule has 0 saturated heterocycles. The van der Waals surface area contributed by atoms with E-state index in [1.165, 1.54) is 24.9 Å². The first-order valence-electron chi connectivity index (χ1n) is 6.72. The highest BCUT2D eigenvalue weighted by atomic mass is 16.5. The molecule has 2 rings (SSSR count). The third-order valence-electron chi connectivity index (χ3n) is 3.63. The molecule has 1 N–H and O–H groups in total. The Morgan fingerprint density at radius 1 is 1.33 bits per heavy atom. The SMILES string of the molecule is CNC(CN(C)CC1CC1)c1ccc(OC)cc1. The van der Waals surface area contributed by atoms with Gasteiger partial charge in [-0.05, 0) is 50.6 Å². The molecule has 0 amide bonds. The van der Waals surface area contributed by atoms with Gasteiger partial charge in [0.2, 0.25) is 0 Å². The highest BCUT2D eigenvalue weighted by Crippen LogP contribution is 2.29. The van der Waals surface area contributed by atoms with Gasteiger partial charge in [-0.25, -0.2) is 0 Å². The number of hydrogen-bond donors (Lipinski definition) is 1. The van der Waals surface area contributed by atoms with E-state index in [-0.39, 0.29) is 0 Å². The third-order valence-corrected chi connectivity index (χ3v) is 3.63. The molecule has 1 fully saturated rings. The first-order chi connectivity index (χ1) is 8.72. The van der Waals surface area contributed by atoms with Crippen LogP contribution >= 0.6 is 0 Å². The Balaban J connectivity index is 1.92. The molecule has 1 unspecified atom stereocenters. The molecule has 0 aliphatic heterocycles. The van der Waals surface area contributed by atoms with Crippen LogP contribution in [0.1, 0.15) is 24.4 Å². The molecule has 1 atom stereocenters. The van der Waals surface area contributed by atoms with Gasteiger partial charge in [0, 0.05) is 19.1 Å². The minimum atomic E-state index is 0.389. The molecule has 1 aromatic carbocycles. The maximum atomic E-state index is 5.19. The number of hydrogen-bond acceptors (Lipinski definition) is 3. The molecule has 3 nitrogen and oxygen atoms in total. The Hall–Kier alpha value is -1.06. The topological polar surface area (TPSA) is 24.5 Å². The summed E-state index contributed by atoms with van der Waals surface area (Å²) in [5, 5.41) is 3.40. The van der Waals surface area contributed by atoms with E-state index in [1.807, 2.05) is 19.2 Å². The Morgan fingerprint density at radius 3 is 2.50 bits per heavy atom. The van der Waals surface area contributed by atoms with Gasteiger partial charge in [0.1, 0.15) is 5.75 Å². The van der Waals surface area contributed by atoms with Crippen molar-refractivity contribution >= 4 is 0 Å². The first-order valence-corrected chi connectivity index (χ1v) is 6.72. The van der Waals surface area contributed by atoms with Crippen LogP contribution in [0.5, 0.6) is 5.75 Å². The van der Waals surface area contributed by atoms with Gasteiger partial charge in [-0.15, -0.1) is 0 Å². The van der Waals surface area contributed by atoms with E-state index in [9.17, 15) is 0 Å². The average molecular weight is 248 g/mol. The molecule has 1 aromatic rings. The number of likely N-dealkylation sites (N-methyl/N-ethyl adjacent to an activating group) is 2. The smallest absolute Gasteiger partial charge is 0.118 e. The minimum absolute atomic E-state index is 0.389. The molecule has 0 aromatic heterocycles. The second-order valence-corrected chi connectivity index (χ2v) is 5.28. The Bertz CT molecular complexity index is 359. The monoisotopic (exact) mass is 248 g/mol. The Morgan fingerprint density at radius 2 is 2.00 bits per heavy atom. The molecule has 1 aliphatic rings. The van der Waals surface area contributed by atoms with Crippen LogP contribution in [0.25, 0.3) is 0 Å². The third kappa shape index (κ3) is 3.72. The molecule has 0 bridgehead atoms. The zero-order chi connectivity index (χ0) is 13.0. The lowest BCUT2D eigenvalue weighted by atomic mass is 10.1. The van der Waals surface area contributed by atoms with Crippen molar-refractivity contribution in [1.82, 2.24) is 10.2 Å². The van der Waals surface area contributed by atoms with Crippen molar-refractivity contribution in [3.8, 4) is 5.75 Å². The van der Waals surface area contributed by atoms with Crippen LogP contribution in [0.3, 0.4) is 0 Å². The molecule has 3 heteroatoms. The molecule has 0 spiro atoms. The fourth-order valence-electron chi connectivity index (χ4n) is 2.33. The first kappa shape index (κ1) is 13.4. The van der Waals surface area contributed by atoms with Crippen molar-refractivity contribution in [3.63, 3.8) is 0 Å². The van der Waals surface area contributed by atoms with Gasteiger partial charge < -0.3 is 15.0 Å². The Labute approximate surface area is 110 Å². The van der Waals surface area contributed by atoms with Crippen LogP contribution in [0, 0.1) is 5.92 Å². The second kappa shape index (κ2) is 6.21. The van der Waals surface area contributed by atoms with E-state index in [0.717, 1.165) is 18.2 Å². The number of nitrogens with zero attached hydrogens (tertiary/aromatic N) is 1. The maximum absolute atomic E-state index is 5.19. The molecular formula is C15H24N2O.